The van der Waals surface area contributed by atoms with Gasteiger partial charge in [-0.25, -0.2) is 0 Å². The number of halogens is 2. The Morgan fingerprint density at radius 2 is 1.18 bits per heavy atom. The van der Waals surface area contributed by atoms with Gasteiger partial charge in [0.1, 0.15) is 0 Å². The minimum absolute atomic E-state index is 0.572. The lowest BCUT2D eigenvalue weighted by Gasteiger charge is -2.01. The van der Waals surface area contributed by atoms with Gasteiger partial charge in [0.15, 0.2) is 0 Å². The highest BCUT2D eigenvalue weighted by Crippen LogP contribution is 2.65. The molecule has 0 saturated carbocycles. The second kappa shape index (κ2) is 10.7. The molecule has 0 aliphatic carbocycles. The molecule has 10 heteroatoms. The Morgan fingerprint density at radius 3 is 1.59 bits per heavy atom. The van der Waals surface area contributed by atoms with Crippen LogP contribution in [-0.2, 0) is 0 Å². The number of hydrogen-bond donors (Lipinski definition) is 0. The average molecular weight is 626 g/mol. The van der Waals surface area contributed by atoms with E-state index in [-0.39, 0.29) is 0 Å². The number of nitrogens with zero attached hydrogens (tertiary/aromatic N) is 2. The zero-order valence-corrected chi connectivity index (χ0v) is 20.1. The van der Waals surface area contributed by atoms with Crippen molar-refractivity contribution in [3.05, 3.63) is 22.8 Å². The van der Waals surface area contributed by atoms with E-state index in [1.807, 2.05) is 47.0 Å². The topological polar surface area (TPSA) is 47.6 Å². The van der Waals surface area contributed by atoms with Crippen LogP contribution in [0.5, 0.6) is 0 Å². The lowest BCUT2D eigenvalue weighted by molar-refractivity contribution is 1.24. The highest BCUT2D eigenvalue weighted by Gasteiger charge is 2.28. The molecule has 2 heterocycles. The van der Waals surface area contributed by atoms with Gasteiger partial charge in [0.05, 0.1) is 34.9 Å². The van der Waals surface area contributed by atoms with Crippen LogP contribution in [0.2, 0.25) is 0 Å². The molecule has 0 bridgehead atoms. The van der Waals surface area contributed by atoms with Crippen LogP contribution in [-0.4, -0.2) is 11.5 Å². The first kappa shape index (κ1) is 20.1. The van der Waals surface area contributed by atoms with Crippen molar-refractivity contribution in [3.8, 4) is 12.1 Å². The number of thioether (sulfide) groups is 6. The third-order valence-electron chi connectivity index (χ3n) is 2.12. The minimum atomic E-state index is 0.572. The molecule has 2 nitrogen and oxygen atoms in total. The molecular weight excluding hydrogens is 618 g/mol. The van der Waals surface area contributed by atoms with Gasteiger partial charge >= 0.3 is 0 Å². The standard InChI is InChI=1S/C12H8I2N2S6/c13-7-8(14)20-11(19-7)12-21-9(17-5-1-3-15)10(22-12)18-6-2-4-16/h1-2,5-6H2. The predicted molar refractivity (Wildman–Crippen MR) is 125 cm³/mol. The van der Waals surface area contributed by atoms with Crippen LogP contribution in [0, 0.1) is 22.7 Å². The van der Waals surface area contributed by atoms with Crippen LogP contribution >= 0.6 is 116 Å². The van der Waals surface area contributed by atoms with Crippen LogP contribution in [0.15, 0.2) is 22.8 Å². The van der Waals surface area contributed by atoms with Crippen molar-refractivity contribution in [2.45, 2.75) is 12.8 Å². The molecule has 2 aliphatic rings. The summed E-state index contributed by atoms with van der Waals surface area (Å²) in [6, 6.07) is 4.40. The van der Waals surface area contributed by atoms with Gasteiger partial charge in [-0.1, -0.05) is 47.0 Å². The number of nitriles is 2. The Balaban J connectivity index is 2.04. The van der Waals surface area contributed by atoms with Gasteiger partial charge in [-0.05, 0) is 45.2 Å². The first-order chi connectivity index (χ1) is 10.7. The Hall–Kier alpha value is 1.76. The normalized spacial score (nSPS) is 18.2. The summed E-state index contributed by atoms with van der Waals surface area (Å²) in [5.74, 6) is 1.66. The van der Waals surface area contributed by atoms with E-state index in [2.05, 4.69) is 57.3 Å². The second-order valence-corrected chi connectivity index (χ2v) is 14.6. The summed E-state index contributed by atoms with van der Waals surface area (Å²) >= 11 is 15.6. The van der Waals surface area contributed by atoms with Gasteiger partial charge in [0, 0.05) is 24.3 Å². The van der Waals surface area contributed by atoms with E-state index in [0.717, 1.165) is 11.5 Å². The monoisotopic (exact) mass is 626 g/mol. The van der Waals surface area contributed by atoms with Crippen molar-refractivity contribution in [3.63, 3.8) is 0 Å². The molecule has 0 amide bonds. The Kier molecular flexibility index (Phi) is 9.75. The molecule has 116 valence electrons. The maximum atomic E-state index is 8.71. The van der Waals surface area contributed by atoms with E-state index in [9.17, 15) is 0 Å². The molecule has 0 fully saturated rings. The van der Waals surface area contributed by atoms with Gasteiger partial charge in [-0.3, -0.25) is 0 Å². The fourth-order valence-electron chi connectivity index (χ4n) is 1.26. The number of hydrogen-bond acceptors (Lipinski definition) is 8. The average Bonchev–Trinajstić information content (AvgIpc) is 3.04. The summed E-state index contributed by atoms with van der Waals surface area (Å²) in [4.78, 5) is 0. The molecule has 22 heavy (non-hydrogen) atoms. The van der Waals surface area contributed by atoms with Crippen molar-refractivity contribution in [2.24, 2.45) is 0 Å². The molecule has 0 aromatic rings. The molecule has 2 rings (SSSR count). The molecule has 0 saturated heterocycles. The Bertz CT molecular complexity index is 579. The second-order valence-electron chi connectivity index (χ2n) is 3.62. The maximum Gasteiger partial charge on any atom is 0.0717 e. The molecule has 0 N–H and O–H groups in total. The largest absolute Gasteiger partial charge is 0.198 e. The molecule has 2 aliphatic heterocycles. The quantitative estimate of drug-likeness (QED) is 0.222. The van der Waals surface area contributed by atoms with Crippen LogP contribution < -0.4 is 0 Å². The lowest BCUT2D eigenvalue weighted by Crippen LogP contribution is -1.79. The van der Waals surface area contributed by atoms with Crippen molar-refractivity contribution >= 4 is 116 Å². The fraction of sp³-hybridized carbons (Fsp3) is 0.333. The summed E-state index contributed by atoms with van der Waals surface area (Å²) in [7, 11) is 0. The van der Waals surface area contributed by atoms with E-state index in [4.69, 9.17) is 10.5 Å². The van der Waals surface area contributed by atoms with Crippen molar-refractivity contribution < 1.29 is 0 Å². The molecular formula is C12H8I2N2S6. The SMILES string of the molecule is N#CCCSC1=C(SCCC#N)SC(=C2SC(I)=C(I)S2)S1. The van der Waals surface area contributed by atoms with Crippen molar-refractivity contribution in [1.82, 2.24) is 0 Å². The minimum Gasteiger partial charge on any atom is -0.198 e. The molecule has 0 atom stereocenters. The number of rotatable bonds is 6. The third kappa shape index (κ3) is 5.93. The summed E-state index contributed by atoms with van der Waals surface area (Å²) in [6.45, 7) is 0. The van der Waals surface area contributed by atoms with Crippen LogP contribution in [0.1, 0.15) is 12.8 Å². The van der Waals surface area contributed by atoms with E-state index < -0.39 is 0 Å². The fourth-order valence-corrected chi connectivity index (χ4v) is 12.0. The Morgan fingerprint density at radius 1 is 0.773 bits per heavy atom. The maximum absolute atomic E-state index is 8.71. The van der Waals surface area contributed by atoms with E-state index in [1.165, 1.54) is 22.8 Å². The van der Waals surface area contributed by atoms with Crippen molar-refractivity contribution in [1.29, 1.82) is 10.5 Å². The van der Waals surface area contributed by atoms with Gasteiger partial charge in [-0.15, -0.1) is 23.5 Å². The molecule has 0 aromatic heterocycles. The molecule has 0 spiro atoms. The first-order valence-corrected chi connectivity index (χ1v) is 13.3. The summed E-state index contributed by atoms with van der Waals surface area (Å²) in [5.41, 5.74) is 0. The molecule has 0 radical (unpaired) electrons. The highest BCUT2D eigenvalue weighted by molar-refractivity contribution is 14.1. The third-order valence-corrected chi connectivity index (χ3v) is 14.5. The zero-order valence-electron chi connectivity index (χ0n) is 10.9. The molecule has 0 unspecified atom stereocenters. The summed E-state index contributed by atoms with van der Waals surface area (Å²) in [5, 5.41) is 17.4. The van der Waals surface area contributed by atoms with Gasteiger partial charge in [0.2, 0.25) is 0 Å². The molecule has 0 aromatic carbocycles. The highest BCUT2D eigenvalue weighted by atomic mass is 127. The van der Waals surface area contributed by atoms with E-state index in [0.29, 0.717) is 12.8 Å². The van der Waals surface area contributed by atoms with Crippen molar-refractivity contribution in [2.75, 3.05) is 11.5 Å². The van der Waals surface area contributed by atoms with E-state index >= 15 is 0 Å². The zero-order chi connectivity index (χ0) is 15.9. The predicted octanol–water partition coefficient (Wildman–Crippen LogP) is 7.49. The van der Waals surface area contributed by atoms with Gasteiger partial charge < -0.3 is 0 Å². The first-order valence-electron chi connectivity index (χ1n) is 5.90. The van der Waals surface area contributed by atoms with E-state index in [1.54, 1.807) is 23.5 Å². The Labute approximate surface area is 183 Å². The summed E-state index contributed by atoms with van der Waals surface area (Å²) in [6.07, 6.45) is 1.14. The van der Waals surface area contributed by atoms with Crippen LogP contribution in [0.4, 0.5) is 0 Å². The lowest BCUT2D eigenvalue weighted by atomic mass is 10.6. The summed E-state index contributed by atoms with van der Waals surface area (Å²) < 4.78 is 7.98. The van der Waals surface area contributed by atoms with Gasteiger partial charge in [-0.2, -0.15) is 10.5 Å². The van der Waals surface area contributed by atoms with Gasteiger partial charge in [0.25, 0.3) is 0 Å². The van der Waals surface area contributed by atoms with Crippen LogP contribution in [0.3, 0.4) is 0 Å². The smallest absolute Gasteiger partial charge is 0.0717 e. The van der Waals surface area contributed by atoms with Crippen LogP contribution in [0.25, 0.3) is 0 Å².